The summed E-state index contributed by atoms with van der Waals surface area (Å²) in [4.78, 5) is 13.2. The van der Waals surface area contributed by atoms with Gasteiger partial charge in [0.15, 0.2) is 0 Å². The molecule has 0 saturated heterocycles. The monoisotopic (exact) mass is 448 g/mol. The molecule has 0 fully saturated rings. The highest BCUT2D eigenvalue weighted by molar-refractivity contribution is 5.82. The number of nitrogens with one attached hydrogen (secondary N) is 1. The second kappa shape index (κ2) is 10.2. The van der Waals surface area contributed by atoms with E-state index in [1.54, 1.807) is 42.5 Å². The number of halogens is 2. The molecule has 0 bridgehead atoms. The zero-order chi connectivity index (χ0) is 23.0. The van der Waals surface area contributed by atoms with Crippen LogP contribution >= 0.6 is 0 Å². The Morgan fingerprint density at radius 1 is 1.03 bits per heavy atom. The molecule has 33 heavy (non-hydrogen) atoms. The molecule has 4 aromatic rings. The summed E-state index contributed by atoms with van der Waals surface area (Å²) in [6.07, 6.45) is 1.47. The number of carbonyl (C=O) groups is 1. The van der Waals surface area contributed by atoms with Crippen molar-refractivity contribution < 1.29 is 18.3 Å². The molecule has 0 aliphatic rings. The van der Waals surface area contributed by atoms with Crippen LogP contribution in [0.25, 0.3) is 11.4 Å². The lowest BCUT2D eigenvalue weighted by Gasteiger charge is -2.07. The van der Waals surface area contributed by atoms with Crippen LogP contribution in [-0.4, -0.2) is 32.3 Å². The molecule has 4 rings (SSSR count). The largest absolute Gasteiger partial charge is 0.489 e. The van der Waals surface area contributed by atoms with Crippen molar-refractivity contribution in [1.82, 2.24) is 25.6 Å². The molecule has 1 aromatic heterocycles. The molecule has 0 saturated carbocycles. The SMILES string of the molecule is O=C(Cn1nnc(-c2ccc(F)cc2)n1)N/N=C/c1ccc(OCc2ccccc2F)cc1. The molecule has 1 amide bonds. The van der Waals surface area contributed by atoms with Crippen LogP contribution in [-0.2, 0) is 17.9 Å². The molecule has 1 heterocycles. The van der Waals surface area contributed by atoms with E-state index in [1.165, 1.54) is 36.5 Å². The Bertz CT molecular complexity index is 1260. The Hall–Kier alpha value is -4.47. The molecule has 0 spiro atoms. The fraction of sp³-hybridized carbons (Fsp3) is 0.0870. The average Bonchev–Trinajstić information content (AvgIpc) is 3.28. The standard InChI is InChI=1S/C23H18F2N6O2/c24-19-9-7-17(8-10-19)23-28-30-31(29-23)14-22(32)27-26-13-16-5-11-20(12-6-16)33-15-18-3-1-2-4-21(18)25/h1-13H,14-15H2,(H,27,32)/b26-13+. The van der Waals surface area contributed by atoms with Crippen LogP contribution in [0.2, 0.25) is 0 Å². The Morgan fingerprint density at radius 2 is 1.79 bits per heavy atom. The third-order valence-corrected chi connectivity index (χ3v) is 4.48. The first-order valence-corrected chi connectivity index (χ1v) is 9.89. The van der Waals surface area contributed by atoms with Crippen LogP contribution in [0.15, 0.2) is 77.9 Å². The molecule has 0 unspecified atom stereocenters. The van der Waals surface area contributed by atoms with Crippen molar-refractivity contribution in [2.24, 2.45) is 5.10 Å². The van der Waals surface area contributed by atoms with Crippen LogP contribution in [0, 0.1) is 11.6 Å². The fourth-order valence-corrected chi connectivity index (χ4v) is 2.79. The number of hydrogen-bond acceptors (Lipinski definition) is 6. The molecule has 166 valence electrons. The predicted octanol–water partition coefficient (Wildman–Crippen LogP) is 3.35. The smallest absolute Gasteiger partial charge is 0.263 e. The van der Waals surface area contributed by atoms with Gasteiger partial charge in [0.25, 0.3) is 5.91 Å². The summed E-state index contributed by atoms with van der Waals surface area (Å²) in [5, 5.41) is 15.7. The number of carbonyl (C=O) groups excluding carboxylic acids is 1. The lowest BCUT2D eigenvalue weighted by atomic mass is 10.2. The van der Waals surface area contributed by atoms with Crippen molar-refractivity contribution in [3.8, 4) is 17.1 Å². The number of nitrogens with zero attached hydrogens (tertiary/aromatic N) is 5. The Balaban J connectivity index is 1.25. The van der Waals surface area contributed by atoms with Crippen molar-refractivity contribution in [2.75, 3.05) is 0 Å². The van der Waals surface area contributed by atoms with Crippen molar-refractivity contribution >= 4 is 12.1 Å². The van der Waals surface area contributed by atoms with E-state index in [0.29, 0.717) is 16.9 Å². The van der Waals surface area contributed by atoms with Crippen molar-refractivity contribution in [3.63, 3.8) is 0 Å². The molecule has 3 aromatic carbocycles. The minimum Gasteiger partial charge on any atom is -0.489 e. The van der Waals surface area contributed by atoms with Crippen LogP contribution in [0.3, 0.4) is 0 Å². The van der Waals surface area contributed by atoms with Crippen LogP contribution in [0.4, 0.5) is 8.78 Å². The van der Waals surface area contributed by atoms with Gasteiger partial charge in [0.05, 0.1) is 6.21 Å². The number of ether oxygens (including phenoxy) is 1. The molecule has 0 aliphatic carbocycles. The number of benzene rings is 3. The maximum Gasteiger partial charge on any atom is 0.263 e. The zero-order valence-corrected chi connectivity index (χ0v) is 17.2. The Labute approximate surface area is 187 Å². The van der Waals surface area contributed by atoms with Gasteiger partial charge in [-0.2, -0.15) is 9.90 Å². The first kappa shape index (κ1) is 21.8. The number of aromatic nitrogens is 4. The van der Waals surface area contributed by atoms with E-state index in [2.05, 4.69) is 25.9 Å². The number of hydrazone groups is 1. The van der Waals surface area contributed by atoms with Crippen molar-refractivity contribution in [1.29, 1.82) is 0 Å². The third-order valence-electron chi connectivity index (χ3n) is 4.48. The molecule has 0 atom stereocenters. The van der Waals surface area contributed by atoms with Gasteiger partial charge in [-0.3, -0.25) is 4.79 Å². The molecule has 1 N–H and O–H groups in total. The molecule has 0 radical (unpaired) electrons. The van der Waals surface area contributed by atoms with E-state index < -0.39 is 5.91 Å². The predicted molar refractivity (Wildman–Crippen MR) is 116 cm³/mol. The topological polar surface area (TPSA) is 94.3 Å². The normalized spacial score (nSPS) is 11.0. The second-order valence-electron chi connectivity index (χ2n) is 6.89. The maximum absolute atomic E-state index is 13.6. The molecular weight excluding hydrogens is 430 g/mol. The second-order valence-corrected chi connectivity index (χ2v) is 6.89. The number of tetrazole rings is 1. The summed E-state index contributed by atoms with van der Waals surface area (Å²) < 4.78 is 32.2. The number of rotatable bonds is 8. The third kappa shape index (κ3) is 6.03. The van der Waals surface area contributed by atoms with E-state index in [0.717, 1.165) is 10.4 Å². The average molecular weight is 448 g/mol. The lowest BCUT2D eigenvalue weighted by Crippen LogP contribution is -2.24. The van der Waals surface area contributed by atoms with Gasteiger partial charge in [0.1, 0.15) is 30.5 Å². The van der Waals surface area contributed by atoms with Crippen molar-refractivity contribution in [2.45, 2.75) is 13.2 Å². The summed E-state index contributed by atoms with van der Waals surface area (Å²) in [5.74, 6) is -0.269. The van der Waals surface area contributed by atoms with Gasteiger partial charge in [-0.05, 0) is 65.4 Å². The lowest BCUT2D eigenvalue weighted by molar-refractivity contribution is -0.122. The first-order valence-electron chi connectivity index (χ1n) is 9.89. The van der Waals surface area contributed by atoms with Crippen LogP contribution in [0.1, 0.15) is 11.1 Å². The van der Waals surface area contributed by atoms with Crippen LogP contribution < -0.4 is 10.2 Å². The molecular formula is C23H18F2N6O2. The maximum atomic E-state index is 13.6. The minimum absolute atomic E-state index is 0.120. The highest BCUT2D eigenvalue weighted by Gasteiger charge is 2.09. The van der Waals surface area contributed by atoms with Gasteiger partial charge in [0.2, 0.25) is 5.82 Å². The summed E-state index contributed by atoms with van der Waals surface area (Å²) >= 11 is 0. The van der Waals surface area contributed by atoms with E-state index >= 15 is 0 Å². The Morgan fingerprint density at radius 3 is 2.55 bits per heavy atom. The Kier molecular flexibility index (Phi) is 6.74. The van der Waals surface area contributed by atoms with E-state index in [4.69, 9.17) is 4.74 Å². The van der Waals surface area contributed by atoms with Gasteiger partial charge in [-0.25, -0.2) is 14.2 Å². The van der Waals surface area contributed by atoms with E-state index in [1.807, 2.05) is 0 Å². The van der Waals surface area contributed by atoms with Crippen molar-refractivity contribution in [3.05, 3.63) is 95.6 Å². The first-order chi connectivity index (χ1) is 16.1. The van der Waals surface area contributed by atoms with Gasteiger partial charge >= 0.3 is 0 Å². The quantitative estimate of drug-likeness (QED) is 0.330. The number of hydrogen-bond donors (Lipinski definition) is 1. The number of amides is 1. The van der Waals surface area contributed by atoms with E-state index in [9.17, 15) is 13.6 Å². The van der Waals surface area contributed by atoms with Gasteiger partial charge in [-0.1, -0.05) is 18.2 Å². The van der Waals surface area contributed by atoms with Crippen LogP contribution in [0.5, 0.6) is 5.75 Å². The fourth-order valence-electron chi connectivity index (χ4n) is 2.79. The highest BCUT2D eigenvalue weighted by Crippen LogP contribution is 2.15. The minimum atomic E-state index is -0.445. The van der Waals surface area contributed by atoms with E-state index in [-0.39, 0.29) is 30.6 Å². The van der Waals surface area contributed by atoms with Gasteiger partial charge < -0.3 is 4.74 Å². The molecule has 0 aliphatic heterocycles. The highest BCUT2D eigenvalue weighted by atomic mass is 19.1. The summed E-state index contributed by atoms with van der Waals surface area (Å²) in [6.45, 7) is -0.0658. The molecule has 10 heteroatoms. The summed E-state index contributed by atoms with van der Waals surface area (Å²) in [7, 11) is 0. The van der Waals surface area contributed by atoms with Gasteiger partial charge in [0, 0.05) is 11.1 Å². The summed E-state index contributed by atoms with van der Waals surface area (Å²) in [5.41, 5.74) is 4.17. The molecule has 8 nitrogen and oxygen atoms in total. The van der Waals surface area contributed by atoms with Gasteiger partial charge in [-0.15, -0.1) is 10.2 Å². The zero-order valence-electron chi connectivity index (χ0n) is 17.2. The summed E-state index contributed by atoms with van der Waals surface area (Å²) in [6, 6.07) is 19.0.